The van der Waals surface area contributed by atoms with Gasteiger partial charge in [-0.3, -0.25) is 4.90 Å². The zero-order chi connectivity index (χ0) is 19.1. The summed E-state index contributed by atoms with van der Waals surface area (Å²) >= 11 is 6.92. The first-order chi connectivity index (χ1) is 13.7. The van der Waals surface area contributed by atoms with E-state index >= 15 is 0 Å². The lowest BCUT2D eigenvalue weighted by Crippen LogP contribution is -2.39. The average Bonchev–Trinajstić information content (AvgIpc) is 3.30. The molecule has 0 unspecified atom stereocenters. The van der Waals surface area contributed by atoms with Gasteiger partial charge in [0.25, 0.3) is 0 Å². The van der Waals surface area contributed by atoms with Crippen molar-refractivity contribution in [1.29, 1.82) is 0 Å². The molecule has 0 spiro atoms. The number of anilines is 2. The molecule has 0 radical (unpaired) electrons. The van der Waals surface area contributed by atoms with Gasteiger partial charge in [-0.1, -0.05) is 0 Å². The van der Waals surface area contributed by atoms with Crippen LogP contribution in [0.1, 0.15) is 6.42 Å². The summed E-state index contributed by atoms with van der Waals surface area (Å²) in [5.74, 6) is 2.91. The summed E-state index contributed by atoms with van der Waals surface area (Å²) in [5, 5.41) is 0. The first-order valence-corrected chi connectivity index (χ1v) is 11.0. The molecule has 0 saturated carbocycles. The summed E-state index contributed by atoms with van der Waals surface area (Å²) in [6, 6.07) is 4.42. The Bertz CT molecular complexity index is 833. The molecule has 2 saturated heterocycles. The molecule has 2 bridgehead atoms. The van der Waals surface area contributed by atoms with E-state index in [9.17, 15) is 0 Å². The Morgan fingerprint density at radius 1 is 1.04 bits per heavy atom. The number of likely N-dealkylation sites (tertiary alicyclic amines) is 1. The molecular formula is C19H20Br2N4O3. The molecule has 0 N–H and O–H groups in total. The molecule has 0 amide bonds. The molecule has 2 fully saturated rings. The van der Waals surface area contributed by atoms with E-state index in [1.54, 1.807) is 12.4 Å². The summed E-state index contributed by atoms with van der Waals surface area (Å²) in [4.78, 5) is 13.6. The highest BCUT2D eigenvalue weighted by Gasteiger charge is 2.38. The van der Waals surface area contributed by atoms with Crippen LogP contribution in [0.2, 0.25) is 0 Å². The van der Waals surface area contributed by atoms with E-state index in [0.717, 1.165) is 46.9 Å². The fourth-order valence-electron chi connectivity index (χ4n) is 4.01. The van der Waals surface area contributed by atoms with E-state index in [-0.39, 0.29) is 0 Å². The molecule has 7 nitrogen and oxygen atoms in total. The molecule has 148 valence electrons. The van der Waals surface area contributed by atoms with E-state index in [2.05, 4.69) is 51.6 Å². The second kappa shape index (κ2) is 7.87. The van der Waals surface area contributed by atoms with Crippen LogP contribution in [-0.2, 0) is 9.47 Å². The lowest BCUT2D eigenvalue weighted by Gasteiger charge is -2.30. The molecule has 2 atom stereocenters. The normalized spacial score (nSPS) is 22.9. The Labute approximate surface area is 180 Å². The third kappa shape index (κ3) is 3.66. The van der Waals surface area contributed by atoms with Gasteiger partial charge in [-0.05, 0) is 38.3 Å². The number of rotatable bonds is 6. The number of nitrogens with zero attached hydrogens (tertiary/aromatic N) is 4. The van der Waals surface area contributed by atoms with Crippen LogP contribution in [-0.4, -0.2) is 66.5 Å². The van der Waals surface area contributed by atoms with Gasteiger partial charge in [0, 0.05) is 59.1 Å². The second-order valence-electron chi connectivity index (χ2n) is 7.16. The van der Waals surface area contributed by atoms with Crippen LogP contribution in [0.5, 0.6) is 11.5 Å². The summed E-state index contributed by atoms with van der Waals surface area (Å²) in [7, 11) is 0. The van der Waals surface area contributed by atoms with Gasteiger partial charge in [0.15, 0.2) is 23.1 Å². The highest BCUT2D eigenvalue weighted by molar-refractivity contribution is 9.10. The fraction of sp³-hybridized carbons (Fsp3) is 0.474. The highest BCUT2D eigenvalue weighted by atomic mass is 79.9. The standard InChI is InChI=1S/C19H20Br2N4O3/c20-12-5-16-18(22-8-12)25(19-17(28-16)6-13(21)9-23-19)2-4-26-3-1-24-10-15-7-14(24)11-27-15/h5-6,8-9,14-15H,1-4,7,10-11H2/t14-,15-/m0/s1. The SMILES string of the molecule is Brc1cnc2c(c1)Oc1cc(Br)cnc1N2CCOCCN1C[C@@H]2C[C@H]1CO2. The second-order valence-corrected chi connectivity index (χ2v) is 8.99. The van der Waals surface area contributed by atoms with Crippen LogP contribution in [0.15, 0.2) is 33.5 Å². The van der Waals surface area contributed by atoms with Crippen LogP contribution >= 0.6 is 31.9 Å². The van der Waals surface area contributed by atoms with E-state index < -0.39 is 0 Å². The number of fused-ring (bicyclic) bond motifs is 4. The average molecular weight is 512 g/mol. The molecule has 28 heavy (non-hydrogen) atoms. The fourth-order valence-corrected chi connectivity index (χ4v) is 4.63. The predicted octanol–water partition coefficient (Wildman–Crippen LogP) is 3.74. The molecular weight excluding hydrogens is 492 g/mol. The Balaban J connectivity index is 1.23. The monoisotopic (exact) mass is 510 g/mol. The van der Waals surface area contributed by atoms with Crippen molar-refractivity contribution in [3.63, 3.8) is 0 Å². The number of pyridine rings is 2. The van der Waals surface area contributed by atoms with Crippen molar-refractivity contribution in [3.8, 4) is 11.5 Å². The molecule has 3 aliphatic rings. The van der Waals surface area contributed by atoms with E-state index in [1.807, 2.05) is 12.1 Å². The van der Waals surface area contributed by atoms with E-state index in [1.165, 1.54) is 6.42 Å². The first-order valence-electron chi connectivity index (χ1n) is 9.37. The Kier molecular flexibility index (Phi) is 5.27. The minimum Gasteiger partial charge on any atom is -0.449 e. The summed E-state index contributed by atoms with van der Waals surface area (Å²) < 4.78 is 19.3. The Hall–Kier alpha value is -1.26. The summed E-state index contributed by atoms with van der Waals surface area (Å²) in [5.41, 5.74) is 0. The molecule has 0 aromatic carbocycles. The van der Waals surface area contributed by atoms with Crippen molar-refractivity contribution in [2.75, 3.05) is 44.4 Å². The van der Waals surface area contributed by atoms with Crippen molar-refractivity contribution in [2.24, 2.45) is 0 Å². The molecule has 3 aliphatic heterocycles. The predicted molar refractivity (Wildman–Crippen MR) is 111 cm³/mol. The maximum absolute atomic E-state index is 6.01. The van der Waals surface area contributed by atoms with Gasteiger partial charge in [-0.2, -0.15) is 0 Å². The molecule has 2 aromatic rings. The topological polar surface area (TPSA) is 60.0 Å². The van der Waals surface area contributed by atoms with Gasteiger partial charge >= 0.3 is 0 Å². The van der Waals surface area contributed by atoms with Crippen molar-refractivity contribution in [3.05, 3.63) is 33.5 Å². The molecule has 5 heterocycles. The third-order valence-electron chi connectivity index (χ3n) is 5.33. The number of hydrogen-bond donors (Lipinski definition) is 0. The van der Waals surface area contributed by atoms with Crippen molar-refractivity contribution in [1.82, 2.24) is 14.9 Å². The molecule has 5 rings (SSSR count). The number of morpholine rings is 1. The first kappa shape index (κ1) is 18.7. The number of hydrogen-bond acceptors (Lipinski definition) is 7. The number of aromatic nitrogens is 2. The van der Waals surface area contributed by atoms with Gasteiger partial charge < -0.3 is 19.1 Å². The van der Waals surface area contributed by atoms with Crippen LogP contribution in [0.3, 0.4) is 0 Å². The quantitative estimate of drug-likeness (QED) is 0.547. The lowest BCUT2D eigenvalue weighted by molar-refractivity contribution is 0.0163. The largest absolute Gasteiger partial charge is 0.449 e. The van der Waals surface area contributed by atoms with Crippen molar-refractivity contribution in [2.45, 2.75) is 18.6 Å². The van der Waals surface area contributed by atoms with Gasteiger partial charge in [-0.25, -0.2) is 9.97 Å². The van der Waals surface area contributed by atoms with Crippen LogP contribution in [0.25, 0.3) is 0 Å². The molecule has 2 aromatic heterocycles. The lowest BCUT2D eigenvalue weighted by atomic mass is 10.2. The van der Waals surface area contributed by atoms with Crippen LogP contribution in [0, 0.1) is 0 Å². The number of halogens is 2. The van der Waals surface area contributed by atoms with Gasteiger partial charge in [0.05, 0.1) is 25.9 Å². The minimum atomic E-state index is 0.433. The zero-order valence-electron chi connectivity index (χ0n) is 15.2. The maximum Gasteiger partial charge on any atom is 0.177 e. The smallest absolute Gasteiger partial charge is 0.177 e. The van der Waals surface area contributed by atoms with Gasteiger partial charge in [0.2, 0.25) is 0 Å². The number of ether oxygens (including phenoxy) is 3. The van der Waals surface area contributed by atoms with Crippen LogP contribution < -0.4 is 9.64 Å². The summed E-state index contributed by atoms with van der Waals surface area (Å²) in [6.07, 6.45) is 5.14. The highest BCUT2D eigenvalue weighted by Crippen LogP contribution is 2.45. The molecule has 9 heteroatoms. The van der Waals surface area contributed by atoms with E-state index in [0.29, 0.717) is 36.8 Å². The Morgan fingerprint density at radius 2 is 1.71 bits per heavy atom. The van der Waals surface area contributed by atoms with E-state index in [4.69, 9.17) is 14.2 Å². The Morgan fingerprint density at radius 3 is 2.32 bits per heavy atom. The van der Waals surface area contributed by atoms with Crippen LogP contribution in [0.4, 0.5) is 11.6 Å². The van der Waals surface area contributed by atoms with Crippen molar-refractivity contribution < 1.29 is 14.2 Å². The third-order valence-corrected chi connectivity index (χ3v) is 6.19. The minimum absolute atomic E-state index is 0.433. The van der Waals surface area contributed by atoms with Gasteiger partial charge in [0.1, 0.15) is 0 Å². The maximum atomic E-state index is 6.01. The van der Waals surface area contributed by atoms with Gasteiger partial charge in [-0.15, -0.1) is 0 Å². The molecule has 0 aliphatic carbocycles. The zero-order valence-corrected chi connectivity index (χ0v) is 18.4. The summed E-state index contributed by atoms with van der Waals surface area (Å²) in [6.45, 7) is 4.82. The van der Waals surface area contributed by atoms with Crippen molar-refractivity contribution >= 4 is 43.5 Å².